The molecule has 3 heteroatoms. The second-order valence-corrected chi connectivity index (χ2v) is 3.73. The highest BCUT2D eigenvalue weighted by atomic mass is 16.2. The summed E-state index contributed by atoms with van der Waals surface area (Å²) in [5, 5.41) is 0. The minimum Gasteiger partial charge on any atom is -0.275 e. The summed E-state index contributed by atoms with van der Waals surface area (Å²) in [5.41, 5.74) is 1.12. The predicted octanol–water partition coefficient (Wildman–Crippen LogP) is 1.54. The highest BCUT2D eigenvalue weighted by Crippen LogP contribution is 2.08. The Bertz CT molecular complexity index is 423. The lowest BCUT2D eigenvalue weighted by Gasteiger charge is -2.13. The fourth-order valence-electron chi connectivity index (χ4n) is 1.69. The van der Waals surface area contributed by atoms with Crippen molar-refractivity contribution in [3.8, 4) is 0 Å². The molecule has 0 saturated carbocycles. The van der Waals surface area contributed by atoms with Crippen molar-refractivity contribution in [1.29, 1.82) is 0 Å². The summed E-state index contributed by atoms with van der Waals surface area (Å²) in [6.07, 6.45) is 4.23. The third-order valence-electron chi connectivity index (χ3n) is 2.59. The fourth-order valence-corrected chi connectivity index (χ4v) is 1.69. The van der Waals surface area contributed by atoms with Gasteiger partial charge in [0.2, 0.25) is 5.91 Å². The summed E-state index contributed by atoms with van der Waals surface area (Å²) in [4.78, 5) is 24.2. The van der Waals surface area contributed by atoms with Crippen LogP contribution in [-0.4, -0.2) is 23.3 Å². The zero-order valence-electron chi connectivity index (χ0n) is 8.93. The van der Waals surface area contributed by atoms with E-state index >= 15 is 0 Å². The monoisotopic (exact) mass is 215 g/mol. The molecule has 1 aromatic carbocycles. The molecule has 3 nitrogen and oxygen atoms in total. The number of carbonyl (C=O) groups is 2. The van der Waals surface area contributed by atoms with E-state index in [1.54, 1.807) is 6.08 Å². The van der Waals surface area contributed by atoms with Crippen molar-refractivity contribution in [3.63, 3.8) is 0 Å². The second-order valence-electron chi connectivity index (χ2n) is 3.73. The first-order valence-corrected chi connectivity index (χ1v) is 5.32. The molecule has 0 N–H and O–H groups in total. The van der Waals surface area contributed by atoms with Crippen LogP contribution in [-0.2, 0) is 16.0 Å². The molecule has 0 atom stereocenters. The van der Waals surface area contributed by atoms with Gasteiger partial charge in [0.1, 0.15) is 0 Å². The number of amides is 2. The van der Waals surface area contributed by atoms with Gasteiger partial charge < -0.3 is 0 Å². The zero-order chi connectivity index (χ0) is 11.4. The number of hydrogen-bond donors (Lipinski definition) is 0. The van der Waals surface area contributed by atoms with Crippen LogP contribution in [0.1, 0.15) is 12.0 Å². The normalized spacial score (nSPS) is 14.5. The van der Waals surface area contributed by atoms with Crippen LogP contribution in [0.5, 0.6) is 0 Å². The molecule has 0 spiro atoms. The SMILES string of the molecule is O=C1C=CCN1C(=O)CCc1ccccc1. The molecule has 1 aromatic rings. The summed E-state index contributed by atoms with van der Waals surface area (Å²) in [5.74, 6) is -0.295. The van der Waals surface area contributed by atoms with Gasteiger partial charge in [0.05, 0.1) is 0 Å². The van der Waals surface area contributed by atoms with Crippen LogP contribution < -0.4 is 0 Å². The maximum Gasteiger partial charge on any atom is 0.253 e. The lowest BCUT2D eigenvalue weighted by molar-refractivity contribution is -0.140. The van der Waals surface area contributed by atoms with E-state index < -0.39 is 0 Å². The van der Waals surface area contributed by atoms with Crippen molar-refractivity contribution < 1.29 is 9.59 Å². The first-order chi connectivity index (χ1) is 7.77. The van der Waals surface area contributed by atoms with Gasteiger partial charge in [-0.05, 0) is 12.0 Å². The number of rotatable bonds is 3. The van der Waals surface area contributed by atoms with Crippen LogP contribution in [0.2, 0.25) is 0 Å². The van der Waals surface area contributed by atoms with Gasteiger partial charge in [0.15, 0.2) is 0 Å². The average molecular weight is 215 g/mol. The van der Waals surface area contributed by atoms with Crippen LogP contribution in [0.25, 0.3) is 0 Å². The minimum absolute atomic E-state index is 0.0983. The Morgan fingerprint density at radius 3 is 2.62 bits per heavy atom. The molecule has 1 aliphatic rings. The van der Waals surface area contributed by atoms with E-state index in [2.05, 4.69) is 0 Å². The van der Waals surface area contributed by atoms with E-state index in [1.165, 1.54) is 11.0 Å². The largest absolute Gasteiger partial charge is 0.275 e. The topological polar surface area (TPSA) is 37.4 Å². The Labute approximate surface area is 94.4 Å². The molecule has 82 valence electrons. The Morgan fingerprint density at radius 2 is 2.00 bits per heavy atom. The quantitative estimate of drug-likeness (QED) is 0.767. The molecule has 0 saturated heterocycles. The highest BCUT2D eigenvalue weighted by Gasteiger charge is 2.21. The zero-order valence-corrected chi connectivity index (χ0v) is 8.93. The van der Waals surface area contributed by atoms with Crippen molar-refractivity contribution in [2.75, 3.05) is 6.54 Å². The van der Waals surface area contributed by atoms with Gasteiger partial charge in [-0.2, -0.15) is 0 Å². The number of carbonyl (C=O) groups excluding carboxylic acids is 2. The van der Waals surface area contributed by atoms with Crippen LogP contribution in [0.15, 0.2) is 42.5 Å². The molecule has 0 aromatic heterocycles. The van der Waals surface area contributed by atoms with Crippen LogP contribution >= 0.6 is 0 Å². The molecule has 0 unspecified atom stereocenters. The summed E-state index contributed by atoms with van der Waals surface area (Å²) in [7, 11) is 0. The van der Waals surface area contributed by atoms with Gasteiger partial charge in [0.25, 0.3) is 5.91 Å². The first kappa shape index (κ1) is 10.6. The molecule has 16 heavy (non-hydrogen) atoms. The van der Waals surface area contributed by atoms with E-state index in [4.69, 9.17) is 0 Å². The third kappa shape index (κ3) is 2.37. The predicted molar refractivity (Wildman–Crippen MR) is 60.6 cm³/mol. The molecule has 0 fully saturated rings. The summed E-state index contributed by atoms with van der Waals surface area (Å²) >= 11 is 0. The third-order valence-corrected chi connectivity index (χ3v) is 2.59. The Morgan fingerprint density at radius 1 is 1.25 bits per heavy atom. The first-order valence-electron chi connectivity index (χ1n) is 5.32. The van der Waals surface area contributed by atoms with Gasteiger partial charge in [-0.25, -0.2) is 0 Å². The van der Waals surface area contributed by atoms with Crippen molar-refractivity contribution in [1.82, 2.24) is 4.90 Å². The van der Waals surface area contributed by atoms with Crippen molar-refractivity contribution in [2.24, 2.45) is 0 Å². The lowest BCUT2D eigenvalue weighted by Crippen LogP contribution is -2.32. The maximum atomic E-state index is 11.7. The average Bonchev–Trinajstić information content (AvgIpc) is 2.74. The molecule has 1 heterocycles. The van der Waals surface area contributed by atoms with E-state index in [1.807, 2.05) is 30.3 Å². The summed E-state index contributed by atoms with van der Waals surface area (Å²) in [6.45, 7) is 0.423. The van der Waals surface area contributed by atoms with Gasteiger partial charge in [0, 0.05) is 19.0 Å². The van der Waals surface area contributed by atoms with Gasteiger partial charge in [-0.3, -0.25) is 14.5 Å². The number of nitrogens with zero attached hydrogens (tertiary/aromatic N) is 1. The van der Waals surface area contributed by atoms with Crippen LogP contribution in [0, 0.1) is 0 Å². The van der Waals surface area contributed by atoms with E-state index in [0.29, 0.717) is 19.4 Å². The Hall–Kier alpha value is -1.90. The molecule has 0 bridgehead atoms. The van der Waals surface area contributed by atoms with Gasteiger partial charge in [-0.15, -0.1) is 0 Å². The van der Waals surface area contributed by atoms with Crippen molar-refractivity contribution in [2.45, 2.75) is 12.8 Å². The van der Waals surface area contributed by atoms with Crippen molar-refractivity contribution >= 4 is 11.8 Å². The smallest absolute Gasteiger partial charge is 0.253 e. The number of aryl methyl sites for hydroxylation is 1. The number of imide groups is 1. The summed E-state index contributed by atoms with van der Waals surface area (Å²) in [6, 6.07) is 9.80. The Balaban J connectivity index is 1.87. The van der Waals surface area contributed by atoms with E-state index in [0.717, 1.165) is 5.56 Å². The van der Waals surface area contributed by atoms with Crippen LogP contribution in [0.4, 0.5) is 0 Å². The molecule has 2 rings (SSSR count). The maximum absolute atomic E-state index is 11.7. The second kappa shape index (κ2) is 4.75. The van der Waals surface area contributed by atoms with Crippen LogP contribution in [0.3, 0.4) is 0 Å². The molecule has 1 aliphatic heterocycles. The summed E-state index contributed by atoms with van der Waals surface area (Å²) < 4.78 is 0. The van der Waals surface area contributed by atoms with Gasteiger partial charge >= 0.3 is 0 Å². The molecular weight excluding hydrogens is 202 g/mol. The van der Waals surface area contributed by atoms with Gasteiger partial charge in [-0.1, -0.05) is 36.4 Å². The number of hydrogen-bond acceptors (Lipinski definition) is 2. The van der Waals surface area contributed by atoms with Crippen molar-refractivity contribution in [3.05, 3.63) is 48.0 Å². The molecular formula is C13H13NO2. The molecule has 0 aliphatic carbocycles. The minimum atomic E-state index is -0.196. The standard InChI is InChI=1S/C13H13NO2/c15-12-7-4-10-14(12)13(16)9-8-11-5-2-1-3-6-11/h1-7H,8-10H2. The fraction of sp³-hybridized carbons (Fsp3) is 0.231. The van der Waals surface area contributed by atoms with E-state index in [9.17, 15) is 9.59 Å². The molecule has 0 radical (unpaired) electrons. The Kier molecular flexibility index (Phi) is 3.15. The number of benzene rings is 1. The highest BCUT2D eigenvalue weighted by molar-refractivity contribution is 6.02. The molecule has 2 amide bonds. The van der Waals surface area contributed by atoms with E-state index in [-0.39, 0.29) is 11.8 Å². The lowest BCUT2D eigenvalue weighted by atomic mass is 10.1.